The smallest absolute Gasteiger partial charge is 0.0122 e. The molecule has 2 rings (SSSR count). The summed E-state index contributed by atoms with van der Waals surface area (Å²) in [6, 6.07) is 2.52. The highest BCUT2D eigenvalue weighted by atomic mass is 15.2. The highest BCUT2D eigenvalue weighted by Crippen LogP contribution is 2.32. The number of nitrogens with one attached hydrogen (secondary N) is 1. The van der Waals surface area contributed by atoms with E-state index in [0.29, 0.717) is 0 Å². The van der Waals surface area contributed by atoms with Crippen LogP contribution in [0.5, 0.6) is 0 Å². The van der Waals surface area contributed by atoms with Crippen LogP contribution in [0.3, 0.4) is 0 Å². The summed E-state index contributed by atoms with van der Waals surface area (Å²) in [5.74, 6) is 0.834. The average Bonchev–Trinajstić information content (AvgIpc) is 2.85. The molecule has 0 aromatic heterocycles. The van der Waals surface area contributed by atoms with E-state index in [-0.39, 0.29) is 0 Å². The summed E-state index contributed by atoms with van der Waals surface area (Å²) in [6.07, 6.45) is 7.01. The van der Waals surface area contributed by atoms with Crippen molar-refractivity contribution >= 4 is 0 Å². The maximum atomic E-state index is 3.43. The third-order valence-corrected chi connectivity index (χ3v) is 4.39. The molecule has 2 heteroatoms. The Morgan fingerprint density at radius 2 is 2.00 bits per heavy atom. The molecule has 2 nitrogen and oxygen atoms in total. The summed E-state index contributed by atoms with van der Waals surface area (Å²) < 4.78 is 0. The first-order chi connectivity index (χ1) is 7.22. The second-order valence-corrected chi connectivity index (χ2v) is 5.64. The van der Waals surface area contributed by atoms with Crippen molar-refractivity contribution in [3.63, 3.8) is 0 Å². The first-order valence-electron chi connectivity index (χ1n) is 6.65. The lowest BCUT2D eigenvalue weighted by Crippen LogP contribution is -2.41. The van der Waals surface area contributed by atoms with Crippen LogP contribution >= 0.6 is 0 Å². The summed E-state index contributed by atoms with van der Waals surface area (Å²) in [6.45, 7) is 6.12. The summed E-state index contributed by atoms with van der Waals surface area (Å²) >= 11 is 0. The minimum Gasteiger partial charge on any atom is -0.317 e. The van der Waals surface area contributed by atoms with Crippen LogP contribution in [0.25, 0.3) is 0 Å². The molecule has 15 heavy (non-hydrogen) atoms. The largest absolute Gasteiger partial charge is 0.317 e. The van der Waals surface area contributed by atoms with Gasteiger partial charge in [0.05, 0.1) is 0 Å². The predicted molar refractivity (Wildman–Crippen MR) is 65.1 cm³/mol. The van der Waals surface area contributed by atoms with Gasteiger partial charge in [-0.2, -0.15) is 0 Å². The Labute approximate surface area is 94.4 Å². The van der Waals surface area contributed by atoms with E-state index in [1.807, 2.05) is 0 Å². The molecule has 3 atom stereocenters. The molecule has 0 bridgehead atoms. The Morgan fingerprint density at radius 1 is 1.20 bits per heavy atom. The zero-order chi connectivity index (χ0) is 10.8. The van der Waals surface area contributed by atoms with Gasteiger partial charge in [-0.1, -0.05) is 13.8 Å². The molecule has 1 aliphatic heterocycles. The van der Waals surface area contributed by atoms with Crippen molar-refractivity contribution in [3.8, 4) is 0 Å². The maximum absolute atomic E-state index is 3.43. The molecule has 1 saturated carbocycles. The van der Waals surface area contributed by atoms with Crippen molar-refractivity contribution in [1.29, 1.82) is 0 Å². The molecule has 3 unspecified atom stereocenters. The highest BCUT2D eigenvalue weighted by molar-refractivity contribution is 4.92. The summed E-state index contributed by atoms with van der Waals surface area (Å²) in [5, 5.41) is 3.43. The number of hydrogen-bond acceptors (Lipinski definition) is 2. The van der Waals surface area contributed by atoms with Crippen LogP contribution in [0.15, 0.2) is 0 Å². The summed E-state index contributed by atoms with van der Waals surface area (Å²) in [5.41, 5.74) is 0. The van der Waals surface area contributed by atoms with Crippen LogP contribution in [0.1, 0.15) is 46.0 Å². The van der Waals surface area contributed by atoms with Crippen LogP contribution in [0.4, 0.5) is 0 Å². The third-order valence-electron chi connectivity index (χ3n) is 4.39. The second-order valence-electron chi connectivity index (χ2n) is 5.64. The van der Waals surface area contributed by atoms with E-state index in [1.54, 1.807) is 0 Å². The zero-order valence-electron chi connectivity index (χ0n) is 10.5. The molecule has 2 aliphatic rings. The molecule has 0 radical (unpaired) electrons. The number of hydrogen-bond donors (Lipinski definition) is 1. The number of nitrogens with zero attached hydrogens (tertiary/aromatic N) is 1. The van der Waals surface area contributed by atoms with E-state index in [2.05, 4.69) is 31.1 Å². The Hall–Kier alpha value is -0.0800. The van der Waals surface area contributed by atoms with Gasteiger partial charge in [-0.25, -0.2) is 0 Å². The fraction of sp³-hybridized carbons (Fsp3) is 1.00. The van der Waals surface area contributed by atoms with Crippen molar-refractivity contribution in [2.24, 2.45) is 5.92 Å². The first-order valence-corrected chi connectivity index (χ1v) is 6.65. The molecule has 0 spiro atoms. The fourth-order valence-electron chi connectivity index (χ4n) is 3.51. The minimum atomic E-state index is 0.781. The monoisotopic (exact) mass is 210 g/mol. The second kappa shape index (κ2) is 4.84. The van der Waals surface area contributed by atoms with Gasteiger partial charge in [0.1, 0.15) is 0 Å². The van der Waals surface area contributed by atoms with E-state index in [9.17, 15) is 0 Å². The van der Waals surface area contributed by atoms with E-state index in [4.69, 9.17) is 0 Å². The van der Waals surface area contributed by atoms with Crippen molar-refractivity contribution in [2.45, 2.75) is 64.1 Å². The Morgan fingerprint density at radius 3 is 2.60 bits per heavy atom. The third kappa shape index (κ3) is 2.36. The van der Waals surface area contributed by atoms with Crippen LogP contribution in [0.2, 0.25) is 0 Å². The van der Waals surface area contributed by atoms with Gasteiger partial charge < -0.3 is 5.32 Å². The van der Waals surface area contributed by atoms with Gasteiger partial charge in [0.2, 0.25) is 0 Å². The molecule has 0 amide bonds. The lowest BCUT2D eigenvalue weighted by Gasteiger charge is -2.33. The summed E-state index contributed by atoms with van der Waals surface area (Å²) in [7, 11) is 2.11. The van der Waals surface area contributed by atoms with Crippen molar-refractivity contribution < 1.29 is 0 Å². The molecule has 0 aromatic rings. The van der Waals surface area contributed by atoms with E-state index in [1.165, 1.54) is 38.6 Å². The SMILES string of the molecule is CNC1CCC(N2CCCC2C(C)C)C1. The minimum absolute atomic E-state index is 0.781. The van der Waals surface area contributed by atoms with Crippen molar-refractivity contribution in [3.05, 3.63) is 0 Å². The predicted octanol–water partition coefficient (Wildman–Crippen LogP) is 2.25. The van der Waals surface area contributed by atoms with Gasteiger partial charge in [-0.05, 0) is 51.6 Å². The molecular weight excluding hydrogens is 184 g/mol. The molecule has 88 valence electrons. The summed E-state index contributed by atoms with van der Waals surface area (Å²) in [4.78, 5) is 2.81. The Bertz CT molecular complexity index is 203. The van der Waals surface area contributed by atoms with Crippen LogP contribution in [-0.4, -0.2) is 36.6 Å². The maximum Gasteiger partial charge on any atom is 0.0122 e. The Kier molecular flexibility index (Phi) is 3.68. The van der Waals surface area contributed by atoms with Crippen molar-refractivity contribution in [1.82, 2.24) is 10.2 Å². The van der Waals surface area contributed by atoms with Gasteiger partial charge in [0.15, 0.2) is 0 Å². The fourth-order valence-corrected chi connectivity index (χ4v) is 3.51. The van der Waals surface area contributed by atoms with Crippen LogP contribution in [-0.2, 0) is 0 Å². The van der Waals surface area contributed by atoms with Gasteiger partial charge >= 0.3 is 0 Å². The number of rotatable bonds is 3. The van der Waals surface area contributed by atoms with Gasteiger partial charge in [-0.3, -0.25) is 4.90 Å². The van der Waals surface area contributed by atoms with Gasteiger partial charge in [0.25, 0.3) is 0 Å². The highest BCUT2D eigenvalue weighted by Gasteiger charge is 2.36. The van der Waals surface area contributed by atoms with Crippen molar-refractivity contribution in [2.75, 3.05) is 13.6 Å². The molecule has 2 fully saturated rings. The molecule has 1 N–H and O–H groups in total. The molecule has 1 aliphatic carbocycles. The first kappa shape index (κ1) is 11.4. The molecule has 0 aromatic carbocycles. The number of likely N-dealkylation sites (tertiary alicyclic amines) is 1. The quantitative estimate of drug-likeness (QED) is 0.768. The van der Waals surface area contributed by atoms with Crippen LogP contribution < -0.4 is 5.32 Å². The lowest BCUT2D eigenvalue weighted by atomic mass is 10.0. The molecule has 1 heterocycles. The van der Waals surface area contributed by atoms with E-state index < -0.39 is 0 Å². The topological polar surface area (TPSA) is 15.3 Å². The molecular formula is C13H26N2. The molecule has 1 saturated heterocycles. The van der Waals surface area contributed by atoms with Crippen LogP contribution in [0, 0.1) is 5.92 Å². The zero-order valence-corrected chi connectivity index (χ0v) is 10.5. The van der Waals surface area contributed by atoms with Gasteiger partial charge in [0, 0.05) is 18.1 Å². The lowest BCUT2D eigenvalue weighted by molar-refractivity contribution is 0.146. The normalized spacial score (nSPS) is 38.0. The van der Waals surface area contributed by atoms with E-state index >= 15 is 0 Å². The van der Waals surface area contributed by atoms with Gasteiger partial charge in [-0.15, -0.1) is 0 Å². The average molecular weight is 210 g/mol. The van der Waals surface area contributed by atoms with E-state index in [0.717, 1.165) is 24.0 Å². The standard InChI is InChI=1S/C13H26N2/c1-10(2)13-5-4-8-15(13)12-7-6-11(9-12)14-3/h10-14H,4-9H2,1-3H3. The Balaban J connectivity index is 1.93.